The van der Waals surface area contributed by atoms with Crippen molar-refractivity contribution in [2.45, 2.75) is 6.54 Å². The van der Waals surface area contributed by atoms with Gasteiger partial charge in [-0.1, -0.05) is 18.2 Å². The van der Waals surface area contributed by atoms with E-state index in [2.05, 4.69) is 9.97 Å². The zero-order chi connectivity index (χ0) is 14.8. The van der Waals surface area contributed by atoms with E-state index in [9.17, 15) is 10.1 Å². The minimum Gasteiger partial charge on any atom is -0.491 e. The van der Waals surface area contributed by atoms with E-state index >= 15 is 0 Å². The van der Waals surface area contributed by atoms with E-state index in [1.165, 1.54) is 0 Å². The maximum Gasteiger partial charge on any atom is 0.329 e. The lowest BCUT2D eigenvalue weighted by Crippen LogP contribution is -2.27. The number of nitrogens with zero attached hydrogens (tertiary/aromatic N) is 4. The highest BCUT2D eigenvalue weighted by atomic mass is 35.5. The molecule has 1 aromatic heterocycles. The first-order valence-electron chi connectivity index (χ1n) is 6.28. The maximum atomic E-state index is 11.1. The van der Waals surface area contributed by atoms with Gasteiger partial charge >= 0.3 is 5.69 Å². The highest BCUT2D eigenvalue weighted by Crippen LogP contribution is 2.30. The number of fused-ring (bicyclic) bond motifs is 1. The molecule has 0 aliphatic carbocycles. The Labute approximate surface area is 125 Å². The summed E-state index contributed by atoms with van der Waals surface area (Å²) < 4.78 is 5.64. The molecule has 1 aliphatic rings. The third-order valence-electron chi connectivity index (χ3n) is 3.17. The van der Waals surface area contributed by atoms with Crippen LogP contribution in [0.3, 0.4) is 0 Å². The number of halogens is 1. The molecule has 2 aromatic rings. The van der Waals surface area contributed by atoms with Gasteiger partial charge in [0.05, 0.1) is 11.5 Å². The highest BCUT2D eigenvalue weighted by molar-refractivity contribution is 6.28. The Balaban J connectivity index is 2.01. The van der Waals surface area contributed by atoms with Gasteiger partial charge in [0.15, 0.2) is 0 Å². The van der Waals surface area contributed by atoms with Crippen LogP contribution in [-0.4, -0.2) is 28.0 Å². The standard InChI is InChI=1S/C13H11ClN4O3/c14-13-15-7-10(18(19)20)12(16-13)17-5-6-21-11-4-2-1-3-9(11)8-17/h1-4,7H,5-6,8H2. The molecule has 108 valence electrons. The van der Waals surface area contributed by atoms with Crippen LogP contribution in [0.1, 0.15) is 5.56 Å². The molecule has 0 fully saturated rings. The van der Waals surface area contributed by atoms with Crippen LogP contribution in [0, 0.1) is 10.1 Å². The van der Waals surface area contributed by atoms with Crippen molar-refractivity contribution in [2.24, 2.45) is 0 Å². The summed E-state index contributed by atoms with van der Waals surface area (Å²) in [6.45, 7) is 1.35. The first-order valence-corrected chi connectivity index (χ1v) is 6.65. The van der Waals surface area contributed by atoms with E-state index in [0.717, 1.165) is 17.5 Å². The van der Waals surface area contributed by atoms with Gasteiger partial charge in [-0.15, -0.1) is 0 Å². The number of hydrogen-bond acceptors (Lipinski definition) is 6. The van der Waals surface area contributed by atoms with Gasteiger partial charge in [-0.3, -0.25) is 10.1 Å². The number of aromatic nitrogens is 2. The van der Waals surface area contributed by atoms with Crippen LogP contribution in [0.4, 0.5) is 11.5 Å². The fourth-order valence-electron chi connectivity index (χ4n) is 2.21. The lowest BCUT2D eigenvalue weighted by atomic mass is 10.2. The summed E-state index contributed by atoms with van der Waals surface area (Å²) in [6.07, 6.45) is 1.13. The Morgan fingerprint density at radius 3 is 3.00 bits per heavy atom. The molecule has 0 spiro atoms. The predicted octanol–water partition coefficient (Wildman–Crippen LogP) is 2.44. The molecule has 7 nitrogen and oxygen atoms in total. The van der Waals surface area contributed by atoms with Crippen molar-refractivity contribution in [2.75, 3.05) is 18.1 Å². The second kappa shape index (κ2) is 5.53. The Morgan fingerprint density at radius 1 is 1.38 bits per heavy atom. The normalized spacial score (nSPS) is 14.0. The van der Waals surface area contributed by atoms with E-state index in [4.69, 9.17) is 16.3 Å². The van der Waals surface area contributed by atoms with Gasteiger partial charge < -0.3 is 9.64 Å². The minimum atomic E-state index is -0.511. The van der Waals surface area contributed by atoms with Crippen LogP contribution in [-0.2, 0) is 6.54 Å². The Hall–Kier alpha value is -2.41. The average molecular weight is 307 g/mol. The Kier molecular flexibility index (Phi) is 3.57. The number of hydrogen-bond donors (Lipinski definition) is 0. The first kappa shape index (κ1) is 13.6. The number of ether oxygens (including phenoxy) is 1. The topological polar surface area (TPSA) is 81.4 Å². The highest BCUT2D eigenvalue weighted by Gasteiger charge is 2.25. The predicted molar refractivity (Wildman–Crippen MR) is 76.7 cm³/mol. The maximum absolute atomic E-state index is 11.1. The van der Waals surface area contributed by atoms with Gasteiger partial charge in [0.2, 0.25) is 11.1 Å². The summed E-state index contributed by atoms with van der Waals surface area (Å²) in [6, 6.07) is 7.58. The fraction of sp³-hybridized carbons (Fsp3) is 0.231. The molecular formula is C13H11ClN4O3. The first-order chi connectivity index (χ1) is 10.1. The van der Waals surface area contributed by atoms with E-state index in [1.54, 1.807) is 4.90 Å². The largest absolute Gasteiger partial charge is 0.491 e. The van der Waals surface area contributed by atoms with Gasteiger partial charge in [-0.25, -0.2) is 4.98 Å². The van der Waals surface area contributed by atoms with E-state index in [-0.39, 0.29) is 16.8 Å². The van der Waals surface area contributed by atoms with Gasteiger partial charge in [-0.2, -0.15) is 4.98 Å². The summed E-state index contributed by atoms with van der Waals surface area (Å²) in [5.74, 6) is 0.989. The van der Waals surface area contributed by atoms with Crippen LogP contribution < -0.4 is 9.64 Å². The molecule has 8 heteroatoms. The minimum absolute atomic E-state index is 0.0194. The van der Waals surface area contributed by atoms with Crippen LogP contribution in [0.25, 0.3) is 0 Å². The van der Waals surface area contributed by atoms with Crippen molar-refractivity contribution >= 4 is 23.1 Å². The van der Waals surface area contributed by atoms with Crippen LogP contribution in [0.2, 0.25) is 5.28 Å². The van der Waals surface area contributed by atoms with Crippen molar-refractivity contribution in [3.63, 3.8) is 0 Å². The number of benzene rings is 1. The number of nitro groups is 1. The summed E-state index contributed by atoms with van der Waals surface area (Å²) in [5, 5.41) is 11.1. The van der Waals surface area contributed by atoms with Crippen molar-refractivity contribution < 1.29 is 9.66 Å². The number of anilines is 1. The van der Waals surface area contributed by atoms with Gasteiger partial charge in [-0.05, 0) is 17.7 Å². The second-order valence-electron chi connectivity index (χ2n) is 4.48. The molecule has 0 unspecified atom stereocenters. The summed E-state index contributed by atoms with van der Waals surface area (Å²) in [4.78, 5) is 20.1. The lowest BCUT2D eigenvalue weighted by molar-refractivity contribution is -0.384. The smallest absolute Gasteiger partial charge is 0.329 e. The molecule has 0 saturated carbocycles. The molecule has 0 N–H and O–H groups in total. The quantitative estimate of drug-likeness (QED) is 0.481. The summed E-state index contributed by atoms with van der Waals surface area (Å²) in [7, 11) is 0. The van der Waals surface area contributed by atoms with Gasteiger partial charge in [0, 0.05) is 12.1 Å². The molecule has 0 saturated heterocycles. The molecule has 0 amide bonds. The van der Waals surface area contributed by atoms with Gasteiger partial charge in [0.1, 0.15) is 18.6 Å². The molecule has 0 radical (unpaired) electrons. The molecule has 0 bridgehead atoms. The fourth-order valence-corrected chi connectivity index (χ4v) is 2.34. The average Bonchev–Trinajstić information content (AvgIpc) is 2.68. The zero-order valence-corrected chi connectivity index (χ0v) is 11.7. The van der Waals surface area contributed by atoms with Gasteiger partial charge in [0.25, 0.3) is 0 Å². The van der Waals surface area contributed by atoms with E-state index in [0.29, 0.717) is 19.7 Å². The monoisotopic (exact) mass is 306 g/mol. The number of rotatable bonds is 2. The molecule has 0 atom stereocenters. The molecule has 1 aliphatic heterocycles. The second-order valence-corrected chi connectivity index (χ2v) is 4.82. The summed E-state index contributed by atoms with van der Waals surface area (Å²) in [5.41, 5.74) is 0.776. The lowest BCUT2D eigenvalue weighted by Gasteiger charge is -2.20. The Morgan fingerprint density at radius 2 is 2.19 bits per heavy atom. The van der Waals surface area contributed by atoms with Crippen LogP contribution in [0.15, 0.2) is 30.5 Å². The summed E-state index contributed by atoms with van der Waals surface area (Å²) >= 11 is 5.78. The van der Waals surface area contributed by atoms with Crippen LogP contribution in [0.5, 0.6) is 5.75 Å². The van der Waals surface area contributed by atoms with E-state index in [1.807, 2.05) is 24.3 Å². The molecular weight excluding hydrogens is 296 g/mol. The van der Waals surface area contributed by atoms with Crippen molar-refractivity contribution in [3.8, 4) is 5.75 Å². The SMILES string of the molecule is O=[N+]([O-])c1cnc(Cl)nc1N1CCOc2ccccc2C1. The van der Waals surface area contributed by atoms with Crippen molar-refractivity contribution in [1.82, 2.24) is 9.97 Å². The van der Waals surface area contributed by atoms with E-state index < -0.39 is 4.92 Å². The van der Waals surface area contributed by atoms with Crippen molar-refractivity contribution in [1.29, 1.82) is 0 Å². The Bertz CT molecular complexity index is 695. The third-order valence-corrected chi connectivity index (χ3v) is 3.35. The van der Waals surface area contributed by atoms with Crippen LogP contribution >= 0.6 is 11.6 Å². The molecule has 1 aromatic carbocycles. The molecule has 21 heavy (non-hydrogen) atoms. The van der Waals surface area contributed by atoms with Crippen molar-refractivity contribution in [3.05, 3.63) is 51.4 Å². The number of para-hydroxylation sites is 1. The molecule has 3 rings (SSSR count). The molecule has 2 heterocycles. The zero-order valence-electron chi connectivity index (χ0n) is 10.9. The third kappa shape index (κ3) is 2.73.